The first-order chi connectivity index (χ1) is 13.6. The maximum Gasteiger partial charge on any atom is 0.256 e. The molecular weight excluding hydrogens is 370 g/mol. The number of anilines is 1. The molecule has 28 heavy (non-hydrogen) atoms. The van der Waals surface area contributed by atoms with Crippen molar-refractivity contribution >= 4 is 34.9 Å². The van der Waals surface area contributed by atoms with E-state index in [9.17, 15) is 14.4 Å². The molecule has 0 saturated carbocycles. The van der Waals surface area contributed by atoms with E-state index in [1.165, 1.54) is 0 Å². The molecule has 0 spiro atoms. The van der Waals surface area contributed by atoms with Gasteiger partial charge in [0.1, 0.15) is 0 Å². The molecule has 4 rings (SSSR count). The van der Waals surface area contributed by atoms with Crippen LogP contribution in [0.2, 0.25) is 0 Å². The molecule has 1 aliphatic rings. The molecule has 0 radical (unpaired) electrons. The molecule has 5 heteroatoms. The van der Waals surface area contributed by atoms with Gasteiger partial charge in [-0.1, -0.05) is 43.3 Å². The van der Waals surface area contributed by atoms with Gasteiger partial charge in [0.2, 0.25) is 0 Å². The van der Waals surface area contributed by atoms with E-state index in [-0.39, 0.29) is 17.5 Å². The fraction of sp³-hybridized carbons (Fsp3) is 0.0870. The highest BCUT2D eigenvalue weighted by Crippen LogP contribution is 2.30. The van der Waals surface area contributed by atoms with E-state index in [4.69, 9.17) is 0 Å². The highest BCUT2D eigenvalue weighted by molar-refractivity contribution is 7.99. The first-order valence-corrected chi connectivity index (χ1v) is 9.94. The summed E-state index contributed by atoms with van der Waals surface area (Å²) in [6.45, 7) is 2.03. The number of nitrogens with one attached hydrogen (secondary N) is 1. The van der Waals surface area contributed by atoms with Gasteiger partial charge in [0.25, 0.3) is 5.91 Å². The summed E-state index contributed by atoms with van der Waals surface area (Å²) in [5.74, 6) is 0.238. The number of ketones is 2. The van der Waals surface area contributed by atoms with E-state index < -0.39 is 0 Å². The monoisotopic (exact) mass is 387 g/mol. The van der Waals surface area contributed by atoms with Crippen molar-refractivity contribution in [3.63, 3.8) is 0 Å². The Kier molecular flexibility index (Phi) is 4.84. The normalized spacial score (nSPS) is 12.3. The van der Waals surface area contributed by atoms with E-state index in [1.807, 2.05) is 25.1 Å². The minimum absolute atomic E-state index is 0.173. The fourth-order valence-corrected chi connectivity index (χ4v) is 4.11. The van der Waals surface area contributed by atoms with Gasteiger partial charge in [-0.2, -0.15) is 0 Å². The predicted octanol–water partition coefficient (Wildman–Crippen LogP) is 4.83. The lowest BCUT2D eigenvalue weighted by molar-refractivity contribution is 0.0979. The number of hydrogen-bond acceptors (Lipinski definition) is 4. The van der Waals surface area contributed by atoms with Gasteiger partial charge in [-0.3, -0.25) is 14.4 Å². The molecule has 0 aromatic heterocycles. The second kappa shape index (κ2) is 7.44. The average molecular weight is 387 g/mol. The van der Waals surface area contributed by atoms with E-state index >= 15 is 0 Å². The Labute approximate surface area is 167 Å². The lowest BCUT2D eigenvalue weighted by Crippen LogP contribution is -2.21. The Morgan fingerprint density at radius 1 is 0.821 bits per heavy atom. The topological polar surface area (TPSA) is 63.2 Å². The van der Waals surface area contributed by atoms with Crippen molar-refractivity contribution in [3.05, 3.63) is 94.5 Å². The van der Waals surface area contributed by atoms with Crippen LogP contribution in [0.5, 0.6) is 0 Å². The third-order valence-electron chi connectivity index (χ3n) is 4.61. The Morgan fingerprint density at radius 3 is 2.14 bits per heavy atom. The number of carbonyl (C=O) groups is 3. The summed E-state index contributed by atoms with van der Waals surface area (Å²) < 4.78 is 0. The van der Waals surface area contributed by atoms with Crippen molar-refractivity contribution in [1.29, 1.82) is 0 Å². The maximum absolute atomic E-state index is 12.8. The highest BCUT2D eigenvalue weighted by Gasteiger charge is 2.29. The molecule has 0 unspecified atom stereocenters. The summed E-state index contributed by atoms with van der Waals surface area (Å²) in [5.41, 5.74) is 2.57. The Morgan fingerprint density at radius 2 is 1.43 bits per heavy atom. The van der Waals surface area contributed by atoms with Crippen molar-refractivity contribution in [2.45, 2.75) is 11.8 Å². The van der Waals surface area contributed by atoms with Gasteiger partial charge in [-0.25, -0.2) is 0 Å². The van der Waals surface area contributed by atoms with Crippen LogP contribution in [0.15, 0.2) is 71.6 Å². The van der Waals surface area contributed by atoms with Crippen LogP contribution in [0.4, 0.5) is 5.69 Å². The molecule has 138 valence electrons. The molecule has 1 N–H and O–H groups in total. The van der Waals surface area contributed by atoms with Crippen molar-refractivity contribution in [2.24, 2.45) is 0 Å². The van der Waals surface area contributed by atoms with E-state index in [2.05, 4.69) is 5.32 Å². The minimum Gasteiger partial charge on any atom is -0.322 e. The van der Waals surface area contributed by atoms with Gasteiger partial charge in [0.15, 0.2) is 11.6 Å². The van der Waals surface area contributed by atoms with Gasteiger partial charge in [0.05, 0.1) is 5.56 Å². The third kappa shape index (κ3) is 3.14. The number of benzene rings is 3. The van der Waals surface area contributed by atoms with Crippen LogP contribution in [0.1, 0.15) is 49.1 Å². The average Bonchev–Trinajstić information content (AvgIpc) is 2.72. The van der Waals surface area contributed by atoms with Crippen molar-refractivity contribution in [3.8, 4) is 0 Å². The first kappa shape index (κ1) is 18.2. The van der Waals surface area contributed by atoms with Gasteiger partial charge >= 0.3 is 0 Å². The minimum atomic E-state index is -0.244. The second-order valence-corrected chi connectivity index (χ2v) is 7.65. The zero-order valence-electron chi connectivity index (χ0n) is 15.2. The lowest BCUT2D eigenvalue weighted by atomic mass is 9.84. The van der Waals surface area contributed by atoms with Crippen LogP contribution in [0, 0.1) is 0 Å². The third-order valence-corrected chi connectivity index (χ3v) is 5.57. The largest absolute Gasteiger partial charge is 0.322 e. The van der Waals surface area contributed by atoms with E-state index in [0.717, 1.165) is 10.6 Å². The summed E-state index contributed by atoms with van der Waals surface area (Å²) in [6, 6.07) is 19.1. The Bertz CT molecular complexity index is 1120. The van der Waals surface area contributed by atoms with Crippen LogP contribution < -0.4 is 5.32 Å². The smallest absolute Gasteiger partial charge is 0.256 e. The Balaban J connectivity index is 1.66. The van der Waals surface area contributed by atoms with Crippen LogP contribution in [-0.2, 0) is 0 Å². The number of amides is 1. The van der Waals surface area contributed by atoms with Crippen molar-refractivity contribution in [1.82, 2.24) is 0 Å². The zero-order chi connectivity index (χ0) is 19.7. The van der Waals surface area contributed by atoms with Gasteiger partial charge in [-0.15, -0.1) is 11.8 Å². The van der Waals surface area contributed by atoms with Gasteiger partial charge in [0, 0.05) is 32.8 Å². The molecule has 0 fully saturated rings. The number of thioether (sulfide) groups is 1. The van der Waals surface area contributed by atoms with Gasteiger partial charge < -0.3 is 5.32 Å². The molecule has 3 aromatic rings. The SMILES string of the molecule is CCSc1ccccc1C(=O)Nc1ccc2c(c1)C(=O)c1ccccc1C2=O. The number of fused-ring (bicyclic) bond motifs is 2. The lowest BCUT2D eigenvalue weighted by Gasteiger charge is -2.18. The molecule has 1 aliphatic carbocycles. The number of hydrogen-bond donors (Lipinski definition) is 1. The van der Waals surface area contributed by atoms with Crippen LogP contribution >= 0.6 is 11.8 Å². The fourth-order valence-electron chi connectivity index (χ4n) is 3.31. The molecule has 0 aliphatic heterocycles. The second-order valence-electron chi connectivity index (χ2n) is 6.35. The maximum atomic E-state index is 12.8. The zero-order valence-corrected chi connectivity index (χ0v) is 16.0. The van der Waals surface area contributed by atoms with Crippen molar-refractivity contribution in [2.75, 3.05) is 11.1 Å². The summed E-state index contributed by atoms with van der Waals surface area (Å²) in [7, 11) is 0. The summed E-state index contributed by atoms with van der Waals surface area (Å²) >= 11 is 1.60. The molecule has 0 atom stereocenters. The van der Waals surface area contributed by atoms with Crippen LogP contribution in [0.25, 0.3) is 0 Å². The standard InChI is InChI=1S/C23H17NO3S/c1-2-28-20-10-6-5-9-18(20)23(27)24-14-11-12-17-19(13-14)22(26)16-8-4-3-7-15(16)21(17)25/h3-13H,2H2,1H3,(H,24,27). The van der Waals surface area contributed by atoms with E-state index in [1.54, 1.807) is 60.3 Å². The molecule has 3 aromatic carbocycles. The molecule has 1 amide bonds. The predicted molar refractivity (Wildman–Crippen MR) is 111 cm³/mol. The molecule has 0 bridgehead atoms. The molecule has 4 nitrogen and oxygen atoms in total. The molecule has 0 heterocycles. The highest BCUT2D eigenvalue weighted by atomic mass is 32.2. The van der Waals surface area contributed by atoms with Crippen LogP contribution in [0.3, 0.4) is 0 Å². The van der Waals surface area contributed by atoms with E-state index in [0.29, 0.717) is 33.5 Å². The molecular formula is C23H17NO3S. The first-order valence-electron chi connectivity index (χ1n) is 8.96. The summed E-state index contributed by atoms with van der Waals surface area (Å²) in [4.78, 5) is 39.2. The number of rotatable bonds is 4. The van der Waals surface area contributed by atoms with Gasteiger partial charge in [-0.05, 0) is 36.1 Å². The Hall–Kier alpha value is -3.18. The van der Waals surface area contributed by atoms with Crippen LogP contribution in [-0.4, -0.2) is 23.2 Å². The van der Waals surface area contributed by atoms with Crippen molar-refractivity contribution < 1.29 is 14.4 Å². The molecule has 0 saturated heterocycles. The summed E-state index contributed by atoms with van der Waals surface area (Å²) in [5, 5.41) is 2.85. The summed E-state index contributed by atoms with van der Waals surface area (Å²) in [6.07, 6.45) is 0. The quantitative estimate of drug-likeness (QED) is 0.510. The number of carbonyl (C=O) groups excluding carboxylic acids is 3.